The summed E-state index contributed by atoms with van der Waals surface area (Å²) in [5, 5.41) is 8.16. The van der Waals surface area contributed by atoms with Crippen LogP contribution in [0.4, 0.5) is 0 Å². The van der Waals surface area contributed by atoms with Crippen molar-refractivity contribution in [2.45, 2.75) is 104 Å². The van der Waals surface area contributed by atoms with Gasteiger partial charge in [-0.1, -0.05) is 38.0 Å². The number of esters is 1. The van der Waals surface area contributed by atoms with Gasteiger partial charge < -0.3 is 10.1 Å². The van der Waals surface area contributed by atoms with Crippen molar-refractivity contribution in [1.82, 2.24) is 24.9 Å². The van der Waals surface area contributed by atoms with Gasteiger partial charge in [0.2, 0.25) is 0 Å². The van der Waals surface area contributed by atoms with Gasteiger partial charge >= 0.3 is 5.97 Å². The quantitative estimate of drug-likeness (QED) is 0.261. The molecule has 1 saturated heterocycles. The fourth-order valence-corrected chi connectivity index (χ4v) is 6.98. The van der Waals surface area contributed by atoms with Crippen LogP contribution in [0.3, 0.4) is 0 Å². The Hall–Kier alpha value is -3.13. The number of fused-ring (bicyclic) bond motifs is 1. The molecule has 0 spiro atoms. The fourth-order valence-electron chi connectivity index (χ4n) is 6.98. The zero-order chi connectivity index (χ0) is 28.6. The van der Waals surface area contributed by atoms with Crippen molar-refractivity contribution in [2.24, 2.45) is 17.8 Å². The number of ether oxygens (including phenoxy) is 1. The molecule has 1 aromatic carbocycles. The number of hydrogen-bond acceptors (Lipinski definition) is 7. The minimum absolute atomic E-state index is 0.0424. The molecule has 8 heteroatoms. The lowest BCUT2D eigenvalue weighted by Gasteiger charge is -2.43. The van der Waals surface area contributed by atoms with E-state index in [2.05, 4.69) is 45.5 Å². The summed E-state index contributed by atoms with van der Waals surface area (Å²) < 4.78 is 8.04. The molecular weight excluding hydrogens is 514 g/mol. The molecule has 1 N–H and O–H groups in total. The summed E-state index contributed by atoms with van der Waals surface area (Å²) in [6.45, 7) is 8.09. The van der Waals surface area contributed by atoms with Crippen molar-refractivity contribution in [1.29, 1.82) is 0 Å². The first-order valence-electron chi connectivity index (χ1n) is 15.6. The van der Waals surface area contributed by atoms with Gasteiger partial charge in [0.25, 0.3) is 5.78 Å². The molecular formula is C33H43N5O3. The Morgan fingerprint density at radius 2 is 1.85 bits per heavy atom. The van der Waals surface area contributed by atoms with Crippen LogP contribution in [0.5, 0.6) is 0 Å². The Balaban J connectivity index is 1.16. The standard InChI is InChI=1S/C33H43N5O3/c1-4-25-16-23(11-12-26(25)20-34-19-24-9-10-24)13-14-33(27-7-5-6-8-27)18-29(39)28(31(40)41-33)17-30-36-32-35-21(2)15-22(3)38(32)37-30/h11-12,15-16,24,27-28,34H,4-10,13-14,17-20H2,1-3H3. The lowest BCUT2D eigenvalue weighted by molar-refractivity contribution is -0.185. The maximum absolute atomic E-state index is 13.6. The molecule has 0 amide bonds. The predicted molar refractivity (Wildman–Crippen MR) is 156 cm³/mol. The predicted octanol–water partition coefficient (Wildman–Crippen LogP) is 5.04. The zero-order valence-corrected chi connectivity index (χ0v) is 24.7. The Kier molecular flexibility index (Phi) is 7.94. The lowest BCUT2D eigenvalue weighted by Crippen LogP contribution is -2.52. The first-order valence-corrected chi connectivity index (χ1v) is 15.6. The van der Waals surface area contributed by atoms with Gasteiger partial charge in [0, 0.05) is 30.8 Å². The molecule has 2 aromatic heterocycles. The Morgan fingerprint density at radius 3 is 2.59 bits per heavy atom. The molecule has 0 bridgehead atoms. The van der Waals surface area contributed by atoms with Crippen LogP contribution in [-0.4, -0.2) is 43.5 Å². The number of ketones is 1. The molecule has 2 saturated carbocycles. The smallest absolute Gasteiger partial charge is 0.317 e. The van der Waals surface area contributed by atoms with Crippen LogP contribution in [-0.2, 0) is 40.1 Å². The van der Waals surface area contributed by atoms with E-state index in [1.165, 1.54) is 29.5 Å². The molecule has 218 valence electrons. The van der Waals surface area contributed by atoms with E-state index in [0.717, 1.165) is 68.9 Å². The van der Waals surface area contributed by atoms with Crippen molar-refractivity contribution in [3.63, 3.8) is 0 Å². The number of benzene rings is 1. The number of Topliss-reactive ketones (excluding diaryl/α,β-unsaturated/α-hetero) is 1. The maximum Gasteiger partial charge on any atom is 0.317 e. The fraction of sp³-hybridized carbons (Fsp3) is 0.606. The van der Waals surface area contributed by atoms with Crippen molar-refractivity contribution < 1.29 is 14.3 Å². The third-order valence-electron chi connectivity index (χ3n) is 9.53. The largest absolute Gasteiger partial charge is 0.458 e. The highest BCUT2D eigenvalue weighted by molar-refractivity contribution is 6.01. The van der Waals surface area contributed by atoms with Crippen LogP contribution in [0.2, 0.25) is 0 Å². The van der Waals surface area contributed by atoms with E-state index < -0.39 is 17.5 Å². The molecule has 2 aliphatic carbocycles. The summed E-state index contributed by atoms with van der Waals surface area (Å²) in [5.41, 5.74) is 5.04. The average molecular weight is 558 g/mol. The highest BCUT2D eigenvalue weighted by Gasteiger charge is 2.51. The first-order chi connectivity index (χ1) is 19.8. The Labute approximate surface area is 242 Å². The minimum atomic E-state index is -0.863. The number of cyclic esters (lactones) is 1. The molecule has 41 heavy (non-hydrogen) atoms. The van der Waals surface area contributed by atoms with Crippen molar-refractivity contribution in [3.8, 4) is 0 Å². The van der Waals surface area contributed by atoms with E-state index in [0.29, 0.717) is 18.0 Å². The van der Waals surface area contributed by atoms with Crippen LogP contribution < -0.4 is 5.32 Å². The van der Waals surface area contributed by atoms with Crippen molar-refractivity contribution >= 4 is 17.5 Å². The molecule has 3 heterocycles. The molecule has 2 unspecified atom stereocenters. The molecule has 3 aliphatic rings. The third-order valence-corrected chi connectivity index (χ3v) is 9.53. The maximum atomic E-state index is 13.6. The van der Waals surface area contributed by atoms with Gasteiger partial charge in [0.1, 0.15) is 11.5 Å². The third kappa shape index (κ3) is 6.08. The highest BCUT2D eigenvalue weighted by atomic mass is 16.6. The number of carbonyl (C=O) groups is 2. The van der Waals surface area contributed by atoms with Gasteiger partial charge in [-0.15, -0.1) is 5.10 Å². The Morgan fingerprint density at radius 1 is 1.05 bits per heavy atom. The van der Waals surface area contributed by atoms with Crippen LogP contribution in [0.15, 0.2) is 24.3 Å². The van der Waals surface area contributed by atoms with E-state index >= 15 is 0 Å². The summed E-state index contributed by atoms with van der Waals surface area (Å²) >= 11 is 0. The molecule has 8 nitrogen and oxygen atoms in total. The zero-order valence-electron chi connectivity index (χ0n) is 24.7. The van der Waals surface area contributed by atoms with E-state index in [1.807, 2.05) is 19.9 Å². The number of rotatable bonds is 11. The van der Waals surface area contributed by atoms with E-state index in [4.69, 9.17) is 4.74 Å². The Bertz CT molecular complexity index is 1420. The number of nitrogens with zero attached hydrogens (tertiary/aromatic N) is 4. The van der Waals surface area contributed by atoms with Crippen molar-refractivity contribution in [3.05, 3.63) is 58.2 Å². The van der Waals surface area contributed by atoms with Crippen molar-refractivity contribution in [2.75, 3.05) is 6.54 Å². The van der Waals surface area contributed by atoms with E-state index in [1.54, 1.807) is 4.52 Å². The van der Waals surface area contributed by atoms with Crippen LogP contribution in [0.25, 0.3) is 5.78 Å². The molecule has 3 aromatic rings. The van der Waals surface area contributed by atoms with Crippen LogP contribution in [0, 0.1) is 31.6 Å². The van der Waals surface area contributed by atoms with Gasteiger partial charge in [-0.25, -0.2) is 9.50 Å². The second kappa shape index (κ2) is 11.6. The number of aryl methyl sites for hydroxylation is 4. The summed E-state index contributed by atoms with van der Waals surface area (Å²) in [6.07, 6.45) is 9.88. The molecule has 1 aliphatic heterocycles. The summed E-state index contributed by atoms with van der Waals surface area (Å²) in [7, 11) is 0. The highest BCUT2D eigenvalue weighted by Crippen LogP contribution is 2.45. The number of nitrogens with one attached hydrogen (secondary N) is 1. The van der Waals surface area contributed by atoms with Gasteiger partial charge in [-0.2, -0.15) is 4.98 Å². The number of carbonyl (C=O) groups excluding carboxylic acids is 2. The monoisotopic (exact) mass is 557 g/mol. The molecule has 2 atom stereocenters. The summed E-state index contributed by atoms with van der Waals surface area (Å²) in [5.74, 6) is 0.721. The average Bonchev–Trinajstić information content (AvgIpc) is 3.41. The lowest BCUT2D eigenvalue weighted by atomic mass is 9.73. The first kappa shape index (κ1) is 28.0. The van der Waals surface area contributed by atoms with Gasteiger partial charge in [-0.3, -0.25) is 9.59 Å². The second-order valence-corrected chi connectivity index (χ2v) is 12.7. The van der Waals surface area contributed by atoms with E-state index in [-0.39, 0.29) is 24.5 Å². The van der Waals surface area contributed by atoms with Crippen LogP contribution in [0.1, 0.15) is 92.2 Å². The van der Waals surface area contributed by atoms with Gasteiger partial charge in [0.05, 0.1) is 0 Å². The topological polar surface area (TPSA) is 98.5 Å². The molecule has 3 fully saturated rings. The molecule has 0 radical (unpaired) electrons. The number of aromatic nitrogens is 4. The molecule has 6 rings (SSSR count). The second-order valence-electron chi connectivity index (χ2n) is 12.7. The normalized spacial score (nSPS) is 23.4. The van der Waals surface area contributed by atoms with Gasteiger partial charge in [0.15, 0.2) is 11.6 Å². The van der Waals surface area contributed by atoms with Crippen LogP contribution >= 0.6 is 0 Å². The van der Waals surface area contributed by atoms with Gasteiger partial charge in [-0.05, 0) is 99.9 Å². The minimum Gasteiger partial charge on any atom is -0.458 e. The summed E-state index contributed by atoms with van der Waals surface area (Å²) in [6, 6.07) is 8.73. The summed E-state index contributed by atoms with van der Waals surface area (Å²) in [4.78, 5) is 36.1. The van der Waals surface area contributed by atoms with E-state index in [9.17, 15) is 9.59 Å². The SMILES string of the molecule is CCc1cc(CCC2(C3CCCC3)CC(=O)C(Cc3nc4nc(C)cc(C)n4n3)C(=O)O2)ccc1CNCC1CC1. The number of hydrogen-bond donors (Lipinski definition) is 1.